The smallest absolute Gasteiger partial charge is 0.306 e. The summed E-state index contributed by atoms with van der Waals surface area (Å²) in [5.41, 5.74) is 2.64. The second kappa shape index (κ2) is 5.22. The summed E-state index contributed by atoms with van der Waals surface area (Å²) in [6, 6.07) is 6.14. The first-order chi connectivity index (χ1) is 9.61. The first-order valence-electron chi connectivity index (χ1n) is 6.48. The van der Waals surface area contributed by atoms with Crippen LogP contribution in [-0.4, -0.2) is 15.0 Å². The van der Waals surface area contributed by atoms with E-state index in [0.717, 1.165) is 28.1 Å². The Bertz CT molecular complexity index is 786. The number of aromatic nitrogens is 3. The first kappa shape index (κ1) is 13.1. The molecule has 0 fully saturated rings. The van der Waals surface area contributed by atoms with Crippen LogP contribution in [0.2, 0.25) is 0 Å². The molecule has 2 heterocycles. The molecule has 3 N–H and O–H groups in total. The number of hydrogen-bond donors (Lipinski definition) is 3. The Morgan fingerprint density at radius 3 is 2.90 bits per heavy atom. The molecule has 1 atom stereocenters. The maximum atomic E-state index is 11.2. The highest BCUT2D eigenvalue weighted by molar-refractivity contribution is 7.11. The number of aromatic amines is 2. The molecule has 1 aromatic carbocycles. The Kier molecular flexibility index (Phi) is 3.42. The van der Waals surface area contributed by atoms with Crippen LogP contribution in [0.5, 0.6) is 0 Å². The molecular formula is C14H16N4OS. The highest BCUT2D eigenvalue weighted by atomic mass is 32.1. The summed E-state index contributed by atoms with van der Waals surface area (Å²) in [6.45, 7) is 4.91. The fourth-order valence-electron chi connectivity index (χ4n) is 2.16. The van der Waals surface area contributed by atoms with E-state index in [4.69, 9.17) is 0 Å². The van der Waals surface area contributed by atoms with Crippen LogP contribution in [0.25, 0.3) is 11.0 Å². The lowest BCUT2D eigenvalue weighted by Gasteiger charge is -2.13. The lowest BCUT2D eigenvalue weighted by molar-refractivity contribution is 0.573. The van der Waals surface area contributed by atoms with Gasteiger partial charge < -0.3 is 15.3 Å². The fraction of sp³-hybridized carbons (Fsp3) is 0.286. The van der Waals surface area contributed by atoms with Gasteiger partial charge in [-0.2, -0.15) is 0 Å². The van der Waals surface area contributed by atoms with E-state index in [1.54, 1.807) is 11.3 Å². The number of rotatable bonds is 4. The van der Waals surface area contributed by atoms with Crippen molar-refractivity contribution in [3.8, 4) is 0 Å². The van der Waals surface area contributed by atoms with Crippen LogP contribution in [-0.2, 0) is 6.54 Å². The first-order valence-corrected chi connectivity index (χ1v) is 7.30. The van der Waals surface area contributed by atoms with E-state index in [9.17, 15) is 4.79 Å². The summed E-state index contributed by atoms with van der Waals surface area (Å²) < 4.78 is 0. The van der Waals surface area contributed by atoms with Crippen LogP contribution in [0.1, 0.15) is 28.4 Å². The molecule has 1 unspecified atom stereocenters. The van der Waals surface area contributed by atoms with Crippen LogP contribution in [0.15, 0.2) is 29.2 Å². The van der Waals surface area contributed by atoms with Crippen LogP contribution in [0.4, 0.5) is 0 Å². The van der Waals surface area contributed by atoms with Crippen molar-refractivity contribution in [3.63, 3.8) is 0 Å². The van der Waals surface area contributed by atoms with Gasteiger partial charge in [-0.1, -0.05) is 6.07 Å². The molecule has 0 aliphatic rings. The zero-order chi connectivity index (χ0) is 14.1. The third-order valence-corrected chi connectivity index (χ3v) is 4.18. The minimum absolute atomic E-state index is 0.170. The third-order valence-electron chi connectivity index (χ3n) is 3.27. The van der Waals surface area contributed by atoms with Gasteiger partial charge in [0.25, 0.3) is 0 Å². The molecule has 2 aromatic heterocycles. The van der Waals surface area contributed by atoms with Crippen molar-refractivity contribution >= 4 is 22.4 Å². The number of benzene rings is 1. The van der Waals surface area contributed by atoms with E-state index in [1.807, 2.05) is 24.4 Å². The summed E-state index contributed by atoms with van der Waals surface area (Å²) in [6.07, 6.45) is 1.89. The van der Waals surface area contributed by atoms with E-state index in [-0.39, 0.29) is 11.7 Å². The minimum atomic E-state index is -0.170. The van der Waals surface area contributed by atoms with Gasteiger partial charge in [0.1, 0.15) is 5.01 Å². The van der Waals surface area contributed by atoms with Crippen molar-refractivity contribution in [3.05, 3.63) is 50.3 Å². The number of H-pyrrole nitrogens is 2. The summed E-state index contributed by atoms with van der Waals surface area (Å²) in [5, 5.41) is 4.53. The van der Waals surface area contributed by atoms with Gasteiger partial charge in [0.05, 0.1) is 11.0 Å². The van der Waals surface area contributed by atoms with Crippen molar-refractivity contribution in [2.24, 2.45) is 0 Å². The number of fused-ring (bicyclic) bond motifs is 1. The molecule has 3 aromatic rings. The summed E-state index contributed by atoms with van der Waals surface area (Å²) in [4.78, 5) is 22.3. The van der Waals surface area contributed by atoms with Crippen molar-refractivity contribution < 1.29 is 0 Å². The average molecular weight is 288 g/mol. The van der Waals surface area contributed by atoms with Crippen LogP contribution < -0.4 is 11.0 Å². The van der Waals surface area contributed by atoms with E-state index in [2.05, 4.69) is 34.1 Å². The molecule has 0 aliphatic heterocycles. The molecule has 6 heteroatoms. The number of nitrogens with one attached hydrogen (secondary N) is 3. The van der Waals surface area contributed by atoms with E-state index in [1.165, 1.54) is 4.88 Å². The van der Waals surface area contributed by atoms with E-state index < -0.39 is 0 Å². The molecule has 104 valence electrons. The molecule has 0 bridgehead atoms. The standard InChI is InChI=1S/C14H16N4OS/c1-8-6-16-13(20-8)7-15-9(2)10-3-4-11-12(5-10)18-14(19)17-11/h3-6,9,15H,7H2,1-2H3,(H2,17,18,19). The minimum Gasteiger partial charge on any atom is -0.306 e. The normalized spacial score (nSPS) is 12.9. The summed E-state index contributed by atoms with van der Waals surface area (Å²) in [5.74, 6) is 0. The van der Waals surface area contributed by atoms with Gasteiger partial charge in [0, 0.05) is 23.7 Å². The quantitative estimate of drug-likeness (QED) is 0.690. The number of nitrogens with zero attached hydrogens (tertiary/aromatic N) is 1. The Morgan fingerprint density at radius 1 is 1.35 bits per heavy atom. The second-order valence-corrected chi connectivity index (χ2v) is 6.17. The van der Waals surface area contributed by atoms with Crippen molar-refractivity contribution in [1.82, 2.24) is 20.3 Å². The molecule has 0 aliphatic carbocycles. The number of aryl methyl sites for hydroxylation is 1. The topological polar surface area (TPSA) is 73.6 Å². The molecule has 3 rings (SSSR count). The molecule has 0 saturated carbocycles. The largest absolute Gasteiger partial charge is 0.323 e. The van der Waals surface area contributed by atoms with Gasteiger partial charge in [-0.05, 0) is 31.5 Å². The zero-order valence-corrected chi connectivity index (χ0v) is 12.2. The molecule has 5 nitrogen and oxygen atoms in total. The van der Waals surface area contributed by atoms with Crippen molar-refractivity contribution in [1.29, 1.82) is 0 Å². The predicted octanol–water partition coefficient (Wildman–Crippen LogP) is 2.47. The zero-order valence-electron chi connectivity index (χ0n) is 11.4. The van der Waals surface area contributed by atoms with Gasteiger partial charge in [-0.25, -0.2) is 9.78 Å². The van der Waals surface area contributed by atoms with Crippen molar-refractivity contribution in [2.45, 2.75) is 26.4 Å². The van der Waals surface area contributed by atoms with Crippen LogP contribution in [0.3, 0.4) is 0 Å². The SMILES string of the molecule is Cc1cnc(CNC(C)c2ccc3[nH]c(=O)[nH]c3c2)s1. The fourth-order valence-corrected chi connectivity index (χ4v) is 2.90. The highest BCUT2D eigenvalue weighted by Crippen LogP contribution is 2.18. The Labute approximate surface area is 120 Å². The summed E-state index contributed by atoms with van der Waals surface area (Å²) in [7, 11) is 0. The number of imidazole rings is 1. The lowest BCUT2D eigenvalue weighted by Crippen LogP contribution is -2.17. The van der Waals surface area contributed by atoms with Crippen molar-refractivity contribution in [2.75, 3.05) is 0 Å². The van der Waals surface area contributed by atoms with Crippen LogP contribution in [0, 0.1) is 6.92 Å². The third kappa shape index (κ3) is 2.66. The molecular weight excluding hydrogens is 272 g/mol. The van der Waals surface area contributed by atoms with Gasteiger partial charge in [-0.15, -0.1) is 11.3 Å². The number of hydrogen-bond acceptors (Lipinski definition) is 4. The van der Waals surface area contributed by atoms with E-state index in [0.29, 0.717) is 0 Å². The Balaban J connectivity index is 1.74. The van der Waals surface area contributed by atoms with Gasteiger partial charge in [-0.3, -0.25) is 0 Å². The monoisotopic (exact) mass is 288 g/mol. The maximum Gasteiger partial charge on any atom is 0.323 e. The lowest BCUT2D eigenvalue weighted by atomic mass is 10.1. The second-order valence-electron chi connectivity index (χ2n) is 4.85. The Hall–Kier alpha value is -1.92. The van der Waals surface area contributed by atoms with E-state index >= 15 is 0 Å². The highest BCUT2D eigenvalue weighted by Gasteiger charge is 2.08. The molecule has 0 saturated heterocycles. The average Bonchev–Trinajstić information content (AvgIpc) is 2.99. The van der Waals surface area contributed by atoms with Gasteiger partial charge in [0.2, 0.25) is 0 Å². The van der Waals surface area contributed by atoms with Gasteiger partial charge in [0.15, 0.2) is 0 Å². The molecule has 20 heavy (non-hydrogen) atoms. The maximum absolute atomic E-state index is 11.2. The number of thiazole rings is 1. The Morgan fingerprint density at radius 2 is 2.15 bits per heavy atom. The molecule has 0 spiro atoms. The molecule has 0 amide bonds. The van der Waals surface area contributed by atoms with Crippen LogP contribution >= 0.6 is 11.3 Å². The molecule has 0 radical (unpaired) electrons. The summed E-state index contributed by atoms with van der Waals surface area (Å²) >= 11 is 1.70. The predicted molar refractivity (Wildman–Crippen MR) is 81.0 cm³/mol. The van der Waals surface area contributed by atoms with Gasteiger partial charge >= 0.3 is 5.69 Å².